The molecule has 9 nitrogen and oxygen atoms in total. The topological polar surface area (TPSA) is 89.1 Å². The van der Waals surface area contributed by atoms with Crippen LogP contribution in [0.25, 0.3) is 10.9 Å². The molecule has 1 aliphatic rings. The lowest BCUT2D eigenvalue weighted by Gasteiger charge is -2.35. The number of piperazine rings is 1. The molecule has 9 heteroatoms. The number of benzene rings is 3. The van der Waals surface area contributed by atoms with Gasteiger partial charge >= 0.3 is 6.03 Å². The molecule has 38 heavy (non-hydrogen) atoms. The zero-order valence-corrected chi connectivity index (χ0v) is 21.5. The molecule has 5 rings (SSSR count). The third-order valence-electron chi connectivity index (χ3n) is 6.42. The number of urea groups is 1. The monoisotopic (exact) mass is 513 g/mol. The number of ether oxygens (including phenoxy) is 3. The number of aromatic nitrogens is 2. The molecule has 0 spiro atoms. The summed E-state index contributed by atoms with van der Waals surface area (Å²) in [6.45, 7) is 4.94. The van der Waals surface area contributed by atoms with E-state index < -0.39 is 0 Å². The number of para-hydroxylation sites is 1. The average molecular weight is 514 g/mol. The van der Waals surface area contributed by atoms with Gasteiger partial charge in [-0.3, -0.25) is 0 Å². The highest BCUT2D eigenvalue weighted by Gasteiger charge is 2.23. The van der Waals surface area contributed by atoms with Gasteiger partial charge in [-0.15, -0.1) is 0 Å². The molecule has 1 aliphatic heterocycles. The zero-order valence-electron chi connectivity index (χ0n) is 21.5. The standard InChI is InChI=1S/C29H31N5O4/c1-21(36-2)19-37-25-12-13-26-27(18-25)30-20-31-28(26)33-14-16-34(17-15-33)29(35)32-22-8-10-24(11-9-22)38-23-6-4-3-5-7-23/h3-13,18,20-21H,14-17,19H2,1-2H3,(H,32,35). The normalized spacial score (nSPS) is 14.3. The third kappa shape index (κ3) is 6.12. The molecule has 1 aromatic heterocycles. The van der Waals surface area contributed by atoms with Crippen LogP contribution in [0.2, 0.25) is 0 Å². The maximum atomic E-state index is 12.9. The summed E-state index contributed by atoms with van der Waals surface area (Å²) >= 11 is 0. The Morgan fingerprint density at radius 3 is 2.37 bits per heavy atom. The van der Waals surface area contributed by atoms with Crippen molar-refractivity contribution in [2.75, 3.05) is 50.1 Å². The van der Waals surface area contributed by atoms with Gasteiger partial charge in [0.2, 0.25) is 0 Å². The Balaban J connectivity index is 1.16. The van der Waals surface area contributed by atoms with Crippen LogP contribution in [0.3, 0.4) is 0 Å². The van der Waals surface area contributed by atoms with E-state index in [1.54, 1.807) is 13.4 Å². The van der Waals surface area contributed by atoms with Crippen LogP contribution < -0.4 is 19.7 Å². The summed E-state index contributed by atoms with van der Waals surface area (Å²) in [5, 5.41) is 3.94. The Kier molecular flexibility index (Phi) is 7.84. The van der Waals surface area contributed by atoms with Gasteiger partial charge in [0, 0.05) is 50.4 Å². The van der Waals surface area contributed by atoms with Gasteiger partial charge in [-0.2, -0.15) is 0 Å². The van der Waals surface area contributed by atoms with Gasteiger partial charge in [-0.25, -0.2) is 14.8 Å². The molecule has 1 fully saturated rings. The number of anilines is 2. The van der Waals surface area contributed by atoms with Crippen LogP contribution in [-0.2, 0) is 4.74 Å². The lowest BCUT2D eigenvalue weighted by Crippen LogP contribution is -2.50. The van der Waals surface area contributed by atoms with Crippen LogP contribution in [-0.4, -0.2) is 66.9 Å². The minimum atomic E-state index is -0.124. The predicted octanol–water partition coefficient (Wildman–Crippen LogP) is 5.19. The number of hydrogen-bond donors (Lipinski definition) is 1. The molecule has 0 bridgehead atoms. The van der Waals surface area contributed by atoms with Crippen molar-refractivity contribution in [2.24, 2.45) is 0 Å². The number of hydrogen-bond acceptors (Lipinski definition) is 7. The van der Waals surface area contributed by atoms with Crippen molar-refractivity contribution in [1.29, 1.82) is 0 Å². The summed E-state index contributed by atoms with van der Waals surface area (Å²) in [4.78, 5) is 25.9. The lowest BCUT2D eigenvalue weighted by atomic mass is 10.2. The molecule has 1 unspecified atom stereocenters. The van der Waals surface area contributed by atoms with E-state index in [0.29, 0.717) is 38.5 Å². The van der Waals surface area contributed by atoms with Crippen LogP contribution in [0.1, 0.15) is 6.92 Å². The van der Waals surface area contributed by atoms with E-state index >= 15 is 0 Å². The molecule has 1 atom stereocenters. The van der Waals surface area contributed by atoms with E-state index in [1.807, 2.05) is 84.6 Å². The highest BCUT2D eigenvalue weighted by atomic mass is 16.5. The molecule has 0 saturated carbocycles. The van der Waals surface area contributed by atoms with Crippen molar-refractivity contribution in [3.8, 4) is 17.2 Å². The Morgan fingerprint density at radius 2 is 1.63 bits per heavy atom. The first-order valence-corrected chi connectivity index (χ1v) is 12.6. The number of carbonyl (C=O) groups excluding carboxylic acids is 1. The van der Waals surface area contributed by atoms with E-state index in [0.717, 1.165) is 33.9 Å². The lowest BCUT2D eigenvalue weighted by molar-refractivity contribution is 0.0717. The van der Waals surface area contributed by atoms with Gasteiger partial charge < -0.3 is 29.3 Å². The second-order valence-corrected chi connectivity index (χ2v) is 9.08. The van der Waals surface area contributed by atoms with E-state index in [9.17, 15) is 4.79 Å². The van der Waals surface area contributed by atoms with Crippen LogP contribution >= 0.6 is 0 Å². The summed E-state index contributed by atoms with van der Waals surface area (Å²) in [6, 6.07) is 22.7. The first kappa shape index (κ1) is 25.3. The number of nitrogens with zero attached hydrogens (tertiary/aromatic N) is 4. The van der Waals surface area contributed by atoms with Gasteiger partial charge in [-0.1, -0.05) is 18.2 Å². The van der Waals surface area contributed by atoms with Crippen molar-refractivity contribution in [2.45, 2.75) is 13.0 Å². The van der Waals surface area contributed by atoms with E-state index in [4.69, 9.17) is 14.2 Å². The zero-order chi connectivity index (χ0) is 26.3. The molecule has 0 radical (unpaired) electrons. The van der Waals surface area contributed by atoms with Gasteiger partial charge in [0.15, 0.2) is 0 Å². The van der Waals surface area contributed by atoms with Gasteiger partial charge in [0.25, 0.3) is 0 Å². The minimum absolute atomic E-state index is 0.00757. The van der Waals surface area contributed by atoms with Crippen LogP contribution in [0, 0.1) is 0 Å². The summed E-state index contributed by atoms with van der Waals surface area (Å²) in [7, 11) is 1.66. The summed E-state index contributed by atoms with van der Waals surface area (Å²) in [6.07, 6.45) is 1.58. The molecule has 4 aromatic rings. The second kappa shape index (κ2) is 11.8. The van der Waals surface area contributed by atoms with Gasteiger partial charge in [0.05, 0.1) is 11.6 Å². The molecule has 196 valence electrons. The van der Waals surface area contributed by atoms with E-state index in [2.05, 4.69) is 20.2 Å². The number of fused-ring (bicyclic) bond motifs is 1. The molecular formula is C29H31N5O4. The maximum Gasteiger partial charge on any atom is 0.321 e. The predicted molar refractivity (Wildman–Crippen MR) is 147 cm³/mol. The van der Waals surface area contributed by atoms with Crippen molar-refractivity contribution in [3.05, 3.63) is 79.1 Å². The van der Waals surface area contributed by atoms with Gasteiger partial charge in [0.1, 0.15) is 36.0 Å². The first-order chi connectivity index (χ1) is 18.6. The molecule has 3 aromatic carbocycles. The fourth-order valence-corrected chi connectivity index (χ4v) is 4.20. The Labute approximate surface area is 222 Å². The van der Waals surface area contributed by atoms with Crippen LogP contribution in [0.4, 0.5) is 16.3 Å². The highest BCUT2D eigenvalue weighted by Crippen LogP contribution is 2.28. The highest BCUT2D eigenvalue weighted by molar-refractivity contribution is 5.91. The van der Waals surface area contributed by atoms with Gasteiger partial charge in [-0.05, 0) is 55.5 Å². The molecule has 2 amide bonds. The Bertz CT molecular complexity index is 1360. The first-order valence-electron chi connectivity index (χ1n) is 12.6. The molecule has 1 saturated heterocycles. The Morgan fingerprint density at radius 1 is 0.921 bits per heavy atom. The van der Waals surface area contributed by atoms with Crippen molar-refractivity contribution >= 4 is 28.4 Å². The number of rotatable bonds is 8. The van der Waals surface area contributed by atoms with Crippen molar-refractivity contribution in [3.63, 3.8) is 0 Å². The third-order valence-corrected chi connectivity index (χ3v) is 6.42. The van der Waals surface area contributed by atoms with E-state index in [1.165, 1.54) is 0 Å². The second-order valence-electron chi connectivity index (χ2n) is 9.08. The molecule has 1 N–H and O–H groups in total. The van der Waals surface area contributed by atoms with Crippen molar-refractivity contribution < 1.29 is 19.0 Å². The SMILES string of the molecule is COC(C)COc1ccc2c(N3CCN(C(=O)Nc4ccc(Oc5ccccc5)cc4)CC3)ncnc2c1. The fourth-order valence-electron chi connectivity index (χ4n) is 4.20. The largest absolute Gasteiger partial charge is 0.491 e. The van der Waals surface area contributed by atoms with Crippen LogP contribution in [0.15, 0.2) is 79.1 Å². The number of carbonyl (C=O) groups is 1. The maximum absolute atomic E-state index is 12.9. The molecular weight excluding hydrogens is 482 g/mol. The average Bonchev–Trinajstić information content (AvgIpc) is 2.97. The quantitative estimate of drug-likeness (QED) is 0.347. The number of amides is 2. The molecule has 0 aliphatic carbocycles. The smallest absolute Gasteiger partial charge is 0.321 e. The summed E-state index contributed by atoms with van der Waals surface area (Å²) < 4.78 is 16.9. The fraction of sp³-hybridized carbons (Fsp3) is 0.276. The number of methoxy groups -OCH3 is 1. The van der Waals surface area contributed by atoms with Crippen LogP contribution in [0.5, 0.6) is 17.2 Å². The van der Waals surface area contributed by atoms with Crippen molar-refractivity contribution in [1.82, 2.24) is 14.9 Å². The summed E-state index contributed by atoms with van der Waals surface area (Å²) in [5.41, 5.74) is 1.54. The number of nitrogens with one attached hydrogen (secondary N) is 1. The molecule has 2 heterocycles. The summed E-state index contributed by atoms with van der Waals surface area (Å²) in [5.74, 6) is 3.08. The Hall–Kier alpha value is -4.37. The minimum Gasteiger partial charge on any atom is -0.491 e. The van der Waals surface area contributed by atoms with E-state index in [-0.39, 0.29) is 12.1 Å².